The van der Waals surface area contributed by atoms with Crippen LogP contribution in [0.1, 0.15) is 73.0 Å². The number of ketones is 1. The molecule has 2 fully saturated rings. The molecule has 0 radical (unpaired) electrons. The van der Waals surface area contributed by atoms with Crippen LogP contribution in [0, 0.1) is 17.7 Å². The van der Waals surface area contributed by atoms with Crippen LogP contribution >= 0.6 is 11.6 Å². The van der Waals surface area contributed by atoms with Crippen LogP contribution in [-0.4, -0.2) is 98.2 Å². The highest BCUT2D eigenvalue weighted by atomic mass is 35.5. The molecule has 66 heavy (non-hydrogen) atoms. The first-order chi connectivity index (χ1) is 31.7. The van der Waals surface area contributed by atoms with E-state index in [1.807, 2.05) is 74.4 Å². The molecule has 3 amide bonds. The van der Waals surface area contributed by atoms with E-state index in [1.54, 1.807) is 42.2 Å². The number of nitrogens with zero attached hydrogens (tertiary/aromatic N) is 5. The maximum atomic E-state index is 16.2. The van der Waals surface area contributed by atoms with Gasteiger partial charge in [-0.05, 0) is 118 Å². The molecule has 1 aliphatic carbocycles. The molecular formula is C52H58ClFN6O6. The van der Waals surface area contributed by atoms with Crippen LogP contribution in [0.15, 0.2) is 97.2 Å². The van der Waals surface area contributed by atoms with E-state index in [4.69, 9.17) is 16.3 Å². The SMILES string of the molecule is C[C@H]1C(=O)C[C@@H](CO)C(=O)N[C@@]2(Cc3ccc(Cl)cc3)CCCN(C2)C(=O)[C@H]([C@@H]2CCc3ccccc32)CC(=O)N1Cc1ccc(Oc2ccc(-c3cnc(CN(C)C)n3C)cc2)cc1F. The number of carbonyl (C=O) groups excluding carboxylic acids is 4. The summed E-state index contributed by atoms with van der Waals surface area (Å²) in [6.07, 6.45) is 4.22. The maximum absolute atomic E-state index is 16.2. The van der Waals surface area contributed by atoms with Crippen LogP contribution in [0.5, 0.6) is 11.5 Å². The van der Waals surface area contributed by atoms with Gasteiger partial charge in [0.15, 0.2) is 5.78 Å². The zero-order valence-corrected chi connectivity index (χ0v) is 38.8. The molecule has 2 bridgehead atoms. The molecule has 0 unspecified atom stereocenters. The number of hydrogen-bond acceptors (Lipinski definition) is 8. The zero-order chi connectivity index (χ0) is 46.7. The second-order valence-corrected chi connectivity index (χ2v) is 19.0. The van der Waals surface area contributed by atoms with E-state index in [9.17, 15) is 19.5 Å². The van der Waals surface area contributed by atoms with Crippen molar-refractivity contribution in [1.29, 1.82) is 0 Å². The molecular weight excluding hydrogens is 859 g/mol. The Hall–Kier alpha value is -5.89. The maximum Gasteiger partial charge on any atom is 0.226 e. The number of carbonyl (C=O) groups is 4. The fraction of sp³-hybridized carbons (Fsp3) is 0.404. The van der Waals surface area contributed by atoms with E-state index >= 15 is 9.18 Å². The van der Waals surface area contributed by atoms with Crippen LogP contribution < -0.4 is 10.1 Å². The number of rotatable bonds is 11. The number of fused-ring (bicyclic) bond motifs is 3. The molecule has 0 saturated carbocycles. The van der Waals surface area contributed by atoms with Gasteiger partial charge in [-0.1, -0.05) is 54.1 Å². The third kappa shape index (κ3) is 10.2. The van der Waals surface area contributed by atoms with Crippen LogP contribution in [0.25, 0.3) is 11.3 Å². The number of ether oxygens (including phenoxy) is 1. The number of halogens is 2. The Morgan fingerprint density at radius 3 is 2.42 bits per heavy atom. The van der Waals surface area contributed by atoms with Gasteiger partial charge in [0, 0.05) is 61.7 Å². The monoisotopic (exact) mass is 916 g/mol. The smallest absolute Gasteiger partial charge is 0.226 e. The number of piperidine rings is 1. The minimum absolute atomic E-state index is 0.144. The van der Waals surface area contributed by atoms with Crippen molar-refractivity contribution >= 4 is 35.1 Å². The number of aliphatic hydroxyl groups is 1. The summed E-state index contributed by atoms with van der Waals surface area (Å²) < 4.78 is 24.3. The van der Waals surface area contributed by atoms with E-state index in [0.717, 1.165) is 40.2 Å². The first kappa shape index (κ1) is 46.6. The number of amides is 3. The molecule has 14 heteroatoms. The number of nitrogens with one attached hydrogen (secondary N) is 1. The topological polar surface area (TPSA) is 137 Å². The lowest BCUT2D eigenvalue weighted by Crippen LogP contribution is -2.63. The largest absolute Gasteiger partial charge is 0.457 e. The van der Waals surface area contributed by atoms with Crippen molar-refractivity contribution in [2.75, 3.05) is 33.8 Å². The molecule has 5 atom stereocenters. The van der Waals surface area contributed by atoms with Gasteiger partial charge < -0.3 is 34.4 Å². The number of aromatic nitrogens is 2. The van der Waals surface area contributed by atoms with E-state index < -0.39 is 53.4 Å². The molecule has 2 aliphatic heterocycles. The van der Waals surface area contributed by atoms with E-state index in [-0.39, 0.29) is 49.1 Å². The molecule has 3 heterocycles. The Balaban J connectivity index is 1.08. The van der Waals surface area contributed by atoms with Gasteiger partial charge in [0.2, 0.25) is 17.7 Å². The van der Waals surface area contributed by atoms with E-state index in [0.29, 0.717) is 49.5 Å². The Morgan fingerprint density at radius 2 is 1.70 bits per heavy atom. The fourth-order valence-electron chi connectivity index (χ4n) is 10.1. The lowest BCUT2D eigenvalue weighted by molar-refractivity contribution is -0.148. The van der Waals surface area contributed by atoms with E-state index in [2.05, 4.69) is 21.3 Å². The second-order valence-electron chi connectivity index (χ2n) is 18.6. The predicted molar refractivity (Wildman–Crippen MR) is 250 cm³/mol. The van der Waals surface area contributed by atoms with Gasteiger partial charge in [0.1, 0.15) is 23.1 Å². The third-order valence-corrected chi connectivity index (χ3v) is 13.9. The van der Waals surface area contributed by atoms with Gasteiger partial charge >= 0.3 is 0 Å². The molecule has 1 aromatic heterocycles. The van der Waals surface area contributed by atoms with Crippen molar-refractivity contribution in [2.24, 2.45) is 18.9 Å². The highest BCUT2D eigenvalue weighted by molar-refractivity contribution is 6.30. The lowest BCUT2D eigenvalue weighted by atomic mass is 9.79. The summed E-state index contributed by atoms with van der Waals surface area (Å²) in [4.78, 5) is 68.2. The average Bonchev–Trinajstić information content (AvgIpc) is 3.89. The summed E-state index contributed by atoms with van der Waals surface area (Å²) >= 11 is 6.23. The number of imidazole rings is 1. The van der Waals surface area contributed by atoms with Crippen molar-refractivity contribution in [3.63, 3.8) is 0 Å². The number of aliphatic hydroxyl groups excluding tert-OH is 1. The van der Waals surface area contributed by atoms with Gasteiger partial charge in [-0.15, -0.1) is 0 Å². The normalized spacial score (nSPS) is 22.9. The lowest BCUT2D eigenvalue weighted by Gasteiger charge is -2.46. The van der Waals surface area contributed by atoms with Crippen LogP contribution in [0.3, 0.4) is 0 Å². The predicted octanol–water partition coefficient (Wildman–Crippen LogP) is 7.49. The van der Waals surface area contributed by atoms with Gasteiger partial charge in [-0.3, -0.25) is 19.2 Å². The van der Waals surface area contributed by atoms with Crippen molar-refractivity contribution in [1.82, 2.24) is 29.6 Å². The quantitative estimate of drug-likeness (QED) is 0.139. The number of benzene rings is 4. The van der Waals surface area contributed by atoms with Gasteiger partial charge in [-0.2, -0.15) is 0 Å². The molecule has 4 aromatic carbocycles. The van der Waals surface area contributed by atoms with E-state index in [1.165, 1.54) is 17.0 Å². The summed E-state index contributed by atoms with van der Waals surface area (Å²) in [7, 11) is 5.95. The van der Waals surface area contributed by atoms with Gasteiger partial charge in [0.25, 0.3) is 0 Å². The Labute approximate surface area is 390 Å². The number of hydrogen-bond donors (Lipinski definition) is 2. The van der Waals surface area contributed by atoms with Crippen molar-refractivity contribution in [3.05, 3.63) is 136 Å². The summed E-state index contributed by atoms with van der Waals surface area (Å²) in [5.74, 6) is -2.83. The Bertz CT molecular complexity index is 2580. The highest BCUT2D eigenvalue weighted by Crippen LogP contribution is 2.42. The van der Waals surface area contributed by atoms with Crippen molar-refractivity contribution in [3.8, 4) is 22.8 Å². The van der Waals surface area contributed by atoms with Gasteiger partial charge in [-0.25, -0.2) is 9.37 Å². The number of aryl methyl sites for hydroxylation is 1. The standard InChI is InChI=1S/C52H58ClFN6O6/c1-33-47(62)24-38(31-61)50(64)56-52(27-34-10-16-39(53)17-11-34)22-7-23-59(32-52)51(65)44(43-21-15-35-8-5-6-9-42(35)43)26-49(63)60(33)29-37-14-20-41(25-45(37)54)66-40-18-12-36(13-19-40)46-28-55-48(58(46)4)30-57(2)3/h5-6,8-14,16-20,25,28,33,38,43-44,61H,7,15,21-24,26-27,29-32H2,1-4H3,(H,56,64)/t33-,38-,43+,44-,52+/m0/s1. The molecule has 346 valence electrons. The first-order valence-corrected chi connectivity index (χ1v) is 23.2. The fourth-order valence-corrected chi connectivity index (χ4v) is 10.2. The molecule has 12 nitrogen and oxygen atoms in total. The molecule has 8 rings (SSSR count). The zero-order valence-electron chi connectivity index (χ0n) is 38.0. The first-order valence-electron chi connectivity index (χ1n) is 22.8. The molecule has 0 spiro atoms. The Morgan fingerprint density at radius 1 is 0.955 bits per heavy atom. The second kappa shape index (κ2) is 19.9. The summed E-state index contributed by atoms with van der Waals surface area (Å²) in [6, 6.07) is 26.0. The van der Waals surface area contributed by atoms with Crippen molar-refractivity contribution in [2.45, 2.75) is 82.5 Å². The van der Waals surface area contributed by atoms with Crippen LogP contribution in [0.4, 0.5) is 4.39 Å². The average molecular weight is 918 g/mol. The Kier molecular flexibility index (Phi) is 14.1. The minimum Gasteiger partial charge on any atom is -0.457 e. The van der Waals surface area contributed by atoms with Crippen LogP contribution in [-0.2, 0) is 52.2 Å². The minimum atomic E-state index is -1.12. The number of Topliss-reactive ketones (excluding diaryl/α,β-unsaturated/α-hetero) is 1. The highest BCUT2D eigenvalue weighted by Gasteiger charge is 2.45. The summed E-state index contributed by atoms with van der Waals surface area (Å²) in [6.45, 7) is 1.99. The van der Waals surface area contributed by atoms with Gasteiger partial charge in [0.05, 0.1) is 48.5 Å². The molecule has 5 aromatic rings. The van der Waals surface area contributed by atoms with Crippen molar-refractivity contribution < 1.29 is 33.4 Å². The molecule has 3 aliphatic rings. The summed E-state index contributed by atoms with van der Waals surface area (Å²) in [5.41, 5.74) is 4.18. The van der Waals surface area contributed by atoms with Crippen LogP contribution in [0.2, 0.25) is 5.02 Å². The molecule has 2 saturated heterocycles. The third-order valence-electron chi connectivity index (χ3n) is 13.7. The molecule has 2 N–H and O–H groups in total. The summed E-state index contributed by atoms with van der Waals surface area (Å²) in [5, 5.41) is 14.4.